The van der Waals surface area contributed by atoms with E-state index in [0.717, 1.165) is 31.4 Å². The predicted molar refractivity (Wildman–Crippen MR) is 88.6 cm³/mol. The summed E-state index contributed by atoms with van der Waals surface area (Å²) in [5, 5.41) is 5.51. The third-order valence-electron chi connectivity index (χ3n) is 3.43. The summed E-state index contributed by atoms with van der Waals surface area (Å²) in [5.41, 5.74) is -0.385. The molecule has 25 heavy (non-hydrogen) atoms. The van der Waals surface area contributed by atoms with E-state index >= 15 is 0 Å². The number of hydrogen-bond donors (Lipinski definition) is 2. The summed E-state index contributed by atoms with van der Waals surface area (Å²) in [5.74, 6) is -0.0985. The lowest BCUT2D eigenvalue weighted by Crippen LogP contribution is -2.25. The standard InChI is InChI=1S/C17H19F3N4O/c1-2-3-4-8-21-16(25)14-10-15(23-11-22-14)24-13-7-5-6-12(9-13)17(18,19)20/h5-7,9-11H,2-4,8H2,1H3,(H,21,25)(H,22,23,24). The number of nitrogens with one attached hydrogen (secondary N) is 2. The van der Waals surface area contributed by atoms with Crippen molar-refractivity contribution in [1.29, 1.82) is 0 Å². The summed E-state index contributed by atoms with van der Waals surface area (Å²) in [6.45, 7) is 2.62. The average molecular weight is 352 g/mol. The maximum Gasteiger partial charge on any atom is 0.416 e. The molecular weight excluding hydrogens is 333 g/mol. The van der Waals surface area contributed by atoms with Gasteiger partial charge in [-0.1, -0.05) is 25.8 Å². The average Bonchev–Trinajstić information content (AvgIpc) is 2.58. The van der Waals surface area contributed by atoms with Crippen molar-refractivity contribution in [2.45, 2.75) is 32.4 Å². The van der Waals surface area contributed by atoms with Gasteiger partial charge in [0.2, 0.25) is 0 Å². The fourth-order valence-electron chi connectivity index (χ4n) is 2.14. The van der Waals surface area contributed by atoms with Gasteiger partial charge in [0.15, 0.2) is 0 Å². The Bertz CT molecular complexity index is 719. The zero-order valence-corrected chi connectivity index (χ0v) is 13.7. The van der Waals surface area contributed by atoms with Gasteiger partial charge in [-0.3, -0.25) is 4.79 Å². The van der Waals surface area contributed by atoms with E-state index < -0.39 is 11.7 Å². The summed E-state index contributed by atoms with van der Waals surface area (Å²) in [4.78, 5) is 19.8. The van der Waals surface area contributed by atoms with Gasteiger partial charge in [-0.15, -0.1) is 0 Å². The molecule has 0 atom stereocenters. The van der Waals surface area contributed by atoms with Crippen LogP contribution in [0.2, 0.25) is 0 Å². The van der Waals surface area contributed by atoms with E-state index in [-0.39, 0.29) is 23.1 Å². The van der Waals surface area contributed by atoms with Gasteiger partial charge in [0.25, 0.3) is 5.91 Å². The van der Waals surface area contributed by atoms with E-state index in [4.69, 9.17) is 0 Å². The molecule has 2 N–H and O–H groups in total. The molecule has 1 amide bonds. The molecule has 0 spiro atoms. The number of alkyl halides is 3. The fourth-order valence-corrected chi connectivity index (χ4v) is 2.14. The van der Waals surface area contributed by atoms with Crippen LogP contribution in [0.15, 0.2) is 36.7 Å². The van der Waals surface area contributed by atoms with Gasteiger partial charge >= 0.3 is 6.18 Å². The molecule has 134 valence electrons. The molecule has 1 aromatic heterocycles. The van der Waals surface area contributed by atoms with Crippen molar-refractivity contribution < 1.29 is 18.0 Å². The van der Waals surface area contributed by atoms with Crippen molar-refractivity contribution in [3.05, 3.63) is 47.9 Å². The first kappa shape index (κ1) is 18.7. The molecule has 0 radical (unpaired) electrons. The molecule has 5 nitrogen and oxygen atoms in total. The van der Waals surface area contributed by atoms with Crippen molar-refractivity contribution in [2.75, 3.05) is 11.9 Å². The maximum absolute atomic E-state index is 12.7. The second-order valence-electron chi connectivity index (χ2n) is 5.46. The zero-order chi connectivity index (χ0) is 18.3. The number of benzene rings is 1. The zero-order valence-electron chi connectivity index (χ0n) is 13.7. The van der Waals surface area contributed by atoms with Crippen LogP contribution < -0.4 is 10.6 Å². The van der Waals surface area contributed by atoms with Gasteiger partial charge in [-0.05, 0) is 24.6 Å². The van der Waals surface area contributed by atoms with Crippen molar-refractivity contribution in [3.63, 3.8) is 0 Å². The molecule has 0 fully saturated rings. The van der Waals surface area contributed by atoms with E-state index in [2.05, 4.69) is 27.5 Å². The van der Waals surface area contributed by atoms with Crippen molar-refractivity contribution in [1.82, 2.24) is 15.3 Å². The number of unbranched alkanes of at least 4 members (excludes halogenated alkanes) is 2. The highest BCUT2D eigenvalue weighted by atomic mass is 19.4. The highest BCUT2D eigenvalue weighted by molar-refractivity contribution is 5.92. The lowest BCUT2D eigenvalue weighted by atomic mass is 10.2. The maximum atomic E-state index is 12.7. The summed E-state index contributed by atoms with van der Waals surface area (Å²) in [6.07, 6.45) is -0.284. The van der Waals surface area contributed by atoms with Crippen molar-refractivity contribution in [2.24, 2.45) is 0 Å². The number of nitrogens with zero attached hydrogens (tertiary/aromatic N) is 2. The van der Waals surface area contributed by atoms with Crippen molar-refractivity contribution >= 4 is 17.4 Å². The highest BCUT2D eigenvalue weighted by Gasteiger charge is 2.30. The minimum absolute atomic E-state index is 0.154. The molecule has 8 heteroatoms. The first-order valence-corrected chi connectivity index (χ1v) is 7.94. The number of carbonyl (C=O) groups excluding carboxylic acids is 1. The molecule has 0 aliphatic rings. The first-order valence-electron chi connectivity index (χ1n) is 7.94. The third-order valence-corrected chi connectivity index (χ3v) is 3.43. The number of halogens is 3. The van der Waals surface area contributed by atoms with E-state index in [9.17, 15) is 18.0 Å². The fraction of sp³-hybridized carbons (Fsp3) is 0.353. The summed E-state index contributed by atoms with van der Waals surface area (Å²) in [6, 6.07) is 6.15. The SMILES string of the molecule is CCCCCNC(=O)c1cc(Nc2cccc(C(F)(F)F)c2)ncn1. The Hall–Kier alpha value is -2.64. The van der Waals surface area contributed by atoms with Crippen LogP contribution in [0.5, 0.6) is 0 Å². The van der Waals surface area contributed by atoms with Crippen LogP contribution in [0.3, 0.4) is 0 Å². The summed E-state index contributed by atoms with van der Waals surface area (Å²) < 4.78 is 38.2. The molecule has 0 aliphatic heterocycles. The minimum atomic E-state index is -4.42. The molecule has 0 saturated heterocycles. The van der Waals surface area contributed by atoms with Crippen LogP contribution in [0.1, 0.15) is 42.2 Å². The Morgan fingerprint density at radius 1 is 1.16 bits per heavy atom. The lowest BCUT2D eigenvalue weighted by molar-refractivity contribution is -0.137. The second-order valence-corrected chi connectivity index (χ2v) is 5.46. The molecule has 0 unspecified atom stereocenters. The molecule has 1 heterocycles. The summed E-state index contributed by atoms with van der Waals surface area (Å²) in [7, 11) is 0. The number of amides is 1. The van der Waals surface area contributed by atoms with E-state index in [1.165, 1.54) is 24.5 Å². The molecule has 0 aliphatic carbocycles. The predicted octanol–water partition coefficient (Wildman–Crippen LogP) is 4.16. The van der Waals surface area contributed by atoms with Crippen LogP contribution in [0.25, 0.3) is 0 Å². The van der Waals surface area contributed by atoms with E-state index in [1.54, 1.807) is 0 Å². The number of anilines is 2. The van der Waals surface area contributed by atoms with Crippen LogP contribution in [0.4, 0.5) is 24.7 Å². The van der Waals surface area contributed by atoms with Crippen molar-refractivity contribution in [3.8, 4) is 0 Å². The van der Waals surface area contributed by atoms with E-state index in [1.807, 2.05) is 0 Å². The largest absolute Gasteiger partial charge is 0.416 e. The van der Waals surface area contributed by atoms with Crippen LogP contribution in [0, 0.1) is 0 Å². The second kappa shape index (κ2) is 8.46. The molecule has 2 aromatic rings. The summed E-state index contributed by atoms with van der Waals surface area (Å²) >= 11 is 0. The number of hydrogen-bond acceptors (Lipinski definition) is 4. The van der Waals surface area contributed by atoms with Gasteiger partial charge in [-0.2, -0.15) is 13.2 Å². The molecular formula is C17H19F3N4O. The Morgan fingerprint density at radius 3 is 2.68 bits per heavy atom. The van der Waals surface area contributed by atoms with Gasteiger partial charge in [0.05, 0.1) is 5.56 Å². The highest BCUT2D eigenvalue weighted by Crippen LogP contribution is 2.31. The van der Waals surface area contributed by atoms with E-state index in [0.29, 0.717) is 6.54 Å². The number of aromatic nitrogens is 2. The first-order chi connectivity index (χ1) is 11.9. The Kier molecular flexibility index (Phi) is 6.32. The molecule has 0 bridgehead atoms. The normalized spacial score (nSPS) is 11.2. The van der Waals surface area contributed by atoms with Crippen LogP contribution in [-0.2, 0) is 6.18 Å². The van der Waals surface area contributed by atoms with Gasteiger partial charge in [-0.25, -0.2) is 9.97 Å². The minimum Gasteiger partial charge on any atom is -0.351 e. The Labute approximate surface area is 143 Å². The smallest absolute Gasteiger partial charge is 0.351 e. The Morgan fingerprint density at radius 2 is 1.96 bits per heavy atom. The van der Waals surface area contributed by atoms with Crippen LogP contribution in [-0.4, -0.2) is 22.4 Å². The van der Waals surface area contributed by atoms with Gasteiger partial charge in [0, 0.05) is 18.3 Å². The Balaban J connectivity index is 2.05. The lowest BCUT2D eigenvalue weighted by Gasteiger charge is -2.10. The third kappa shape index (κ3) is 5.74. The van der Waals surface area contributed by atoms with Gasteiger partial charge in [0.1, 0.15) is 17.8 Å². The topological polar surface area (TPSA) is 66.9 Å². The van der Waals surface area contributed by atoms with Crippen LogP contribution >= 0.6 is 0 Å². The number of rotatable bonds is 7. The quantitative estimate of drug-likeness (QED) is 0.735. The molecule has 1 aromatic carbocycles. The number of carbonyl (C=O) groups is 1. The molecule has 0 saturated carbocycles. The molecule has 2 rings (SSSR count). The monoisotopic (exact) mass is 352 g/mol. The van der Waals surface area contributed by atoms with Gasteiger partial charge < -0.3 is 10.6 Å².